The van der Waals surface area contributed by atoms with Crippen LogP contribution in [0.4, 0.5) is 5.69 Å². The summed E-state index contributed by atoms with van der Waals surface area (Å²) in [6.45, 7) is 4.26. The molecule has 3 rings (SSSR count). The molecule has 0 saturated carbocycles. The van der Waals surface area contributed by atoms with Gasteiger partial charge in [-0.15, -0.1) is 10.2 Å². The molecule has 0 aliphatic rings. The molecule has 0 unspecified atom stereocenters. The second kappa shape index (κ2) is 8.05. The highest BCUT2D eigenvalue weighted by atomic mass is 16.5. The van der Waals surface area contributed by atoms with Gasteiger partial charge in [0.25, 0.3) is 5.89 Å². The Balaban J connectivity index is 1.55. The zero-order valence-electron chi connectivity index (χ0n) is 15.8. The molecule has 27 heavy (non-hydrogen) atoms. The van der Waals surface area contributed by atoms with Gasteiger partial charge in [0.1, 0.15) is 17.3 Å². The molecule has 0 fully saturated rings. The SMILES string of the molecule is COc1ccc(NC(=O)CN(C)Cc2nnc(-c3cc(C)oc3C)o2)cc1. The van der Waals surface area contributed by atoms with E-state index in [1.807, 2.05) is 27.0 Å². The largest absolute Gasteiger partial charge is 0.497 e. The van der Waals surface area contributed by atoms with Crippen molar-refractivity contribution in [1.82, 2.24) is 15.1 Å². The summed E-state index contributed by atoms with van der Waals surface area (Å²) >= 11 is 0. The molecular weight excluding hydrogens is 348 g/mol. The molecular formula is C19H22N4O4. The van der Waals surface area contributed by atoms with E-state index in [1.165, 1.54) is 0 Å². The van der Waals surface area contributed by atoms with Crippen LogP contribution < -0.4 is 10.1 Å². The molecule has 0 atom stereocenters. The van der Waals surface area contributed by atoms with Crippen LogP contribution in [0, 0.1) is 13.8 Å². The summed E-state index contributed by atoms with van der Waals surface area (Å²) in [4.78, 5) is 14.0. The van der Waals surface area contributed by atoms with Gasteiger partial charge in [-0.25, -0.2) is 0 Å². The van der Waals surface area contributed by atoms with Crippen LogP contribution in [0.25, 0.3) is 11.5 Å². The quantitative estimate of drug-likeness (QED) is 0.683. The van der Waals surface area contributed by atoms with Crippen LogP contribution in [0.1, 0.15) is 17.4 Å². The standard InChI is InChI=1S/C19H22N4O4/c1-12-9-16(13(2)26-12)19-22-21-18(27-19)11-23(3)10-17(24)20-14-5-7-15(25-4)8-6-14/h5-9H,10-11H2,1-4H3,(H,20,24). The topological polar surface area (TPSA) is 93.6 Å². The number of anilines is 1. The number of benzene rings is 1. The van der Waals surface area contributed by atoms with Gasteiger partial charge in [0.15, 0.2) is 0 Å². The molecule has 0 saturated heterocycles. The van der Waals surface area contributed by atoms with Gasteiger partial charge in [0.2, 0.25) is 11.8 Å². The molecule has 1 amide bonds. The van der Waals surface area contributed by atoms with E-state index < -0.39 is 0 Å². The number of likely N-dealkylation sites (N-methyl/N-ethyl adjacent to an activating group) is 1. The molecule has 0 radical (unpaired) electrons. The van der Waals surface area contributed by atoms with Gasteiger partial charge in [-0.3, -0.25) is 9.69 Å². The van der Waals surface area contributed by atoms with Crippen LogP contribution in [0.3, 0.4) is 0 Å². The fraction of sp³-hybridized carbons (Fsp3) is 0.316. The molecule has 8 heteroatoms. The van der Waals surface area contributed by atoms with Crippen LogP contribution >= 0.6 is 0 Å². The molecule has 1 N–H and O–H groups in total. The van der Waals surface area contributed by atoms with E-state index in [-0.39, 0.29) is 12.5 Å². The first-order chi connectivity index (χ1) is 12.9. The second-order valence-electron chi connectivity index (χ2n) is 6.28. The Kier molecular flexibility index (Phi) is 5.56. The fourth-order valence-electron chi connectivity index (χ4n) is 2.68. The average molecular weight is 370 g/mol. The molecule has 0 spiro atoms. The van der Waals surface area contributed by atoms with Gasteiger partial charge in [-0.1, -0.05) is 0 Å². The zero-order valence-corrected chi connectivity index (χ0v) is 15.8. The Bertz CT molecular complexity index is 914. The number of carbonyl (C=O) groups is 1. The third-order valence-corrected chi connectivity index (χ3v) is 3.93. The van der Waals surface area contributed by atoms with E-state index in [2.05, 4.69) is 15.5 Å². The maximum absolute atomic E-state index is 12.2. The number of amides is 1. The van der Waals surface area contributed by atoms with Crippen LogP contribution in [-0.2, 0) is 11.3 Å². The number of aromatic nitrogens is 2. The van der Waals surface area contributed by atoms with Crippen molar-refractivity contribution in [2.75, 3.05) is 26.0 Å². The minimum Gasteiger partial charge on any atom is -0.497 e. The Morgan fingerprint density at radius 3 is 2.56 bits per heavy atom. The highest BCUT2D eigenvalue weighted by Gasteiger charge is 2.16. The van der Waals surface area contributed by atoms with E-state index in [9.17, 15) is 4.79 Å². The number of aryl methyl sites for hydroxylation is 2. The third-order valence-electron chi connectivity index (χ3n) is 3.93. The van der Waals surface area contributed by atoms with Gasteiger partial charge < -0.3 is 18.9 Å². The summed E-state index contributed by atoms with van der Waals surface area (Å²) in [6.07, 6.45) is 0. The first-order valence-electron chi connectivity index (χ1n) is 8.47. The van der Waals surface area contributed by atoms with Gasteiger partial charge in [0, 0.05) is 5.69 Å². The number of methoxy groups -OCH3 is 1. The highest BCUT2D eigenvalue weighted by molar-refractivity contribution is 5.92. The zero-order chi connectivity index (χ0) is 19.4. The van der Waals surface area contributed by atoms with Crippen LogP contribution in [0.2, 0.25) is 0 Å². The fourth-order valence-corrected chi connectivity index (χ4v) is 2.68. The normalized spacial score (nSPS) is 11.0. The molecule has 8 nitrogen and oxygen atoms in total. The number of carbonyl (C=O) groups excluding carboxylic acids is 1. The minimum atomic E-state index is -0.135. The van der Waals surface area contributed by atoms with E-state index in [1.54, 1.807) is 36.3 Å². The second-order valence-corrected chi connectivity index (χ2v) is 6.28. The number of nitrogens with zero attached hydrogens (tertiary/aromatic N) is 3. The summed E-state index contributed by atoms with van der Waals surface area (Å²) in [7, 11) is 3.41. The first kappa shape index (κ1) is 18.7. The molecule has 2 heterocycles. The summed E-state index contributed by atoms with van der Waals surface area (Å²) in [6, 6.07) is 9.02. The number of rotatable bonds is 7. The van der Waals surface area contributed by atoms with Gasteiger partial charge in [0.05, 0.1) is 25.8 Å². The predicted molar refractivity (Wildman–Crippen MR) is 99.4 cm³/mol. The van der Waals surface area contributed by atoms with E-state index >= 15 is 0 Å². The number of nitrogens with one attached hydrogen (secondary N) is 1. The molecule has 0 aliphatic carbocycles. The Hall–Kier alpha value is -3.13. The van der Waals surface area contributed by atoms with E-state index in [4.69, 9.17) is 13.6 Å². The minimum absolute atomic E-state index is 0.135. The summed E-state index contributed by atoms with van der Waals surface area (Å²) in [5.74, 6) is 2.96. The Morgan fingerprint density at radius 2 is 1.93 bits per heavy atom. The highest BCUT2D eigenvalue weighted by Crippen LogP contribution is 2.25. The van der Waals surface area contributed by atoms with Gasteiger partial charge in [-0.05, 0) is 51.2 Å². The summed E-state index contributed by atoms with van der Waals surface area (Å²) in [5.41, 5.74) is 1.49. The Morgan fingerprint density at radius 1 is 1.19 bits per heavy atom. The number of furan rings is 1. The molecule has 1 aromatic carbocycles. The molecule has 0 aliphatic heterocycles. The average Bonchev–Trinajstić information content (AvgIpc) is 3.21. The van der Waals surface area contributed by atoms with Crippen LogP contribution in [0.15, 0.2) is 39.2 Å². The van der Waals surface area contributed by atoms with Crippen molar-refractivity contribution in [3.8, 4) is 17.2 Å². The third kappa shape index (κ3) is 4.73. The van der Waals surface area contributed by atoms with Crippen molar-refractivity contribution in [3.63, 3.8) is 0 Å². The summed E-state index contributed by atoms with van der Waals surface area (Å²) < 4.78 is 16.3. The number of hydrogen-bond donors (Lipinski definition) is 1. The lowest BCUT2D eigenvalue weighted by atomic mass is 10.2. The van der Waals surface area contributed by atoms with Gasteiger partial charge in [-0.2, -0.15) is 0 Å². The van der Waals surface area contributed by atoms with Crippen molar-refractivity contribution in [2.45, 2.75) is 20.4 Å². The molecule has 2 aromatic heterocycles. The molecule has 3 aromatic rings. The summed E-state index contributed by atoms with van der Waals surface area (Å²) in [5, 5.41) is 10.9. The smallest absolute Gasteiger partial charge is 0.251 e. The van der Waals surface area contributed by atoms with Crippen LogP contribution in [0.5, 0.6) is 5.75 Å². The lowest BCUT2D eigenvalue weighted by Crippen LogP contribution is -2.29. The number of hydrogen-bond acceptors (Lipinski definition) is 7. The number of ether oxygens (including phenoxy) is 1. The van der Waals surface area contributed by atoms with Crippen molar-refractivity contribution in [1.29, 1.82) is 0 Å². The molecule has 0 bridgehead atoms. The predicted octanol–water partition coefficient (Wildman–Crippen LogP) is 3.03. The van der Waals surface area contributed by atoms with E-state index in [0.717, 1.165) is 22.8 Å². The van der Waals surface area contributed by atoms with Crippen molar-refractivity contribution < 1.29 is 18.4 Å². The Labute approximate surface area is 157 Å². The molecule has 142 valence electrons. The lowest BCUT2D eigenvalue weighted by Gasteiger charge is -2.14. The maximum Gasteiger partial charge on any atom is 0.251 e. The lowest BCUT2D eigenvalue weighted by molar-refractivity contribution is -0.117. The monoisotopic (exact) mass is 370 g/mol. The maximum atomic E-state index is 12.2. The van der Waals surface area contributed by atoms with Crippen molar-refractivity contribution in [3.05, 3.63) is 47.7 Å². The van der Waals surface area contributed by atoms with Crippen molar-refractivity contribution in [2.24, 2.45) is 0 Å². The first-order valence-corrected chi connectivity index (χ1v) is 8.47. The van der Waals surface area contributed by atoms with E-state index in [0.29, 0.717) is 24.0 Å². The van der Waals surface area contributed by atoms with Crippen molar-refractivity contribution >= 4 is 11.6 Å². The van der Waals surface area contributed by atoms with Gasteiger partial charge >= 0.3 is 0 Å². The van der Waals surface area contributed by atoms with Crippen LogP contribution in [-0.4, -0.2) is 41.7 Å².